The van der Waals surface area contributed by atoms with Crippen LogP contribution in [-0.4, -0.2) is 11.6 Å². The van der Waals surface area contributed by atoms with Gasteiger partial charge in [0.1, 0.15) is 0 Å². The van der Waals surface area contributed by atoms with Gasteiger partial charge in [-0.25, -0.2) is 0 Å². The van der Waals surface area contributed by atoms with E-state index in [4.69, 9.17) is 0 Å². The Morgan fingerprint density at radius 3 is 0.667 bits per heavy atom. The highest BCUT2D eigenvalue weighted by Crippen LogP contribution is 1.98. The molecule has 0 aliphatic carbocycles. The van der Waals surface area contributed by atoms with E-state index < -0.39 is 0 Å². The molecule has 0 aliphatic heterocycles. The summed E-state index contributed by atoms with van der Waals surface area (Å²) in [6.45, 7) is 3.13. The molecule has 152 valence electrons. The second-order valence-corrected chi connectivity index (χ2v) is 6.15. The molecule has 4 rings (SSSR count). The highest BCUT2D eigenvalue weighted by Gasteiger charge is 1.93. The van der Waals surface area contributed by atoms with Crippen molar-refractivity contribution >= 4 is 11.6 Å². The lowest BCUT2D eigenvalue weighted by Crippen LogP contribution is -1.88. The van der Waals surface area contributed by atoms with Crippen LogP contribution in [0, 0.1) is 0 Å². The Morgan fingerprint density at radius 1 is 0.367 bits per heavy atom. The van der Waals surface area contributed by atoms with Crippen molar-refractivity contribution in [2.75, 3.05) is 0 Å². The molecule has 0 saturated carbocycles. The number of ketones is 2. The summed E-state index contributed by atoms with van der Waals surface area (Å²) >= 11 is 0. The summed E-state index contributed by atoms with van der Waals surface area (Å²) in [5.41, 5.74) is 1.55. The molecule has 0 bridgehead atoms. The molecule has 0 radical (unpaired) electrons. The molecule has 0 spiro atoms. The fraction of sp³-hybridized carbons (Fsp3) is 0.0714. The van der Waals surface area contributed by atoms with Crippen LogP contribution >= 0.6 is 0 Å². The Bertz CT molecular complexity index is 785. The molecule has 0 saturated heterocycles. The molecule has 0 heterocycles. The van der Waals surface area contributed by atoms with Gasteiger partial charge in [0.2, 0.25) is 0 Å². The van der Waals surface area contributed by atoms with Gasteiger partial charge in [-0.15, -0.1) is 0 Å². The van der Waals surface area contributed by atoms with Crippen molar-refractivity contribution in [1.82, 2.24) is 0 Å². The van der Waals surface area contributed by atoms with Crippen LogP contribution in [0.1, 0.15) is 34.6 Å². The Hall–Kier alpha value is -3.78. The Morgan fingerprint density at radius 2 is 0.533 bits per heavy atom. The Balaban J connectivity index is 0.000000204. The predicted molar refractivity (Wildman–Crippen MR) is 126 cm³/mol. The summed E-state index contributed by atoms with van der Waals surface area (Å²) in [7, 11) is 0. The molecule has 0 amide bonds. The van der Waals surface area contributed by atoms with Crippen molar-refractivity contribution < 1.29 is 9.59 Å². The molecule has 30 heavy (non-hydrogen) atoms. The normalized spacial score (nSPS) is 8.60. The van der Waals surface area contributed by atoms with E-state index in [0.717, 1.165) is 11.1 Å². The minimum absolute atomic E-state index is 0.121. The van der Waals surface area contributed by atoms with Gasteiger partial charge in [0.25, 0.3) is 0 Å². The van der Waals surface area contributed by atoms with Crippen LogP contribution in [0.4, 0.5) is 0 Å². The van der Waals surface area contributed by atoms with E-state index in [-0.39, 0.29) is 11.6 Å². The van der Waals surface area contributed by atoms with E-state index >= 15 is 0 Å². The van der Waals surface area contributed by atoms with Gasteiger partial charge in [-0.3, -0.25) is 9.59 Å². The molecule has 2 heteroatoms. The van der Waals surface area contributed by atoms with Gasteiger partial charge in [-0.2, -0.15) is 0 Å². The quantitative estimate of drug-likeness (QED) is 0.337. The Labute approximate surface area is 179 Å². The van der Waals surface area contributed by atoms with E-state index in [1.165, 1.54) is 0 Å². The van der Waals surface area contributed by atoms with Crippen molar-refractivity contribution in [2.24, 2.45) is 0 Å². The monoisotopic (exact) mass is 396 g/mol. The van der Waals surface area contributed by atoms with Gasteiger partial charge in [-0.05, 0) is 13.8 Å². The molecule has 4 aromatic carbocycles. The number of rotatable bonds is 2. The molecular weight excluding hydrogens is 368 g/mol. The third-order valence-electron chi connectivity index (χ3n) is 3.69. The first-order valence-corrected chi connectivity index (χ1v) is 9.73. The third-order valence-corrected chi connectivity index (χ3v) is 3.69. The highest BCUT2D eigenvalue weighted by molar-refractivity contribution is 5.94. The maximum absolute atomic E-state index is 10.6. The second-order valence-electron chi connectivity index (χ2n) is 6.15. The maximum atomic E-state index is 10.6. The number of benzene rings is 4. The lowest BCUT2D eigenvalue weighted by atomic mass is 10.2. The first-order chi connectivity index (χ1) is 14.6. The SMILES string of the molecule is CC(=O)c1ccccc1.CC(=O)c1ccccc1.c1ccccc1.c1ccccc1. The number of Topliss-reactive ketones (excluding diaryl/α,β-unsaturated/α-hetero) is 2. The van der Waals surface area contributed by atoms with E-state index in [1.54, 1.807) is 13.8 Å². The standard InChI is InChI=1S/2C8H8O.2C6H6/c2*1-7(9)8-5-3-2-4-6-8;2*1-2-4-6-5-3-1/h2*2-6H,1H3;2*1-6H. The van der Waals surface area contributed by atoms with Gasteiger partial charge >= 0.3 is 0 Å². The zero-order valence-electron chi connectivity index (χ0n) is 17.5. The summed E-state index contributed by atoms with van der Waals surface area (Å²) in [5.74, 6) is 0.242. The van der Waals surface area contributed by atoms with Gasteiger partial charge < -0.3 is 0 Å². The largest absolute Gasteiger partial charge is 0.295 e. The maximum Gasteiger partial charge on any atom is 0.159 e. The zero-order valence-corrected chi connectivity index (χ0v) is 17.5. The minimum atomic E-state index is 0.121. The first kappa shape index (κ1) is 24.3. The lowest BCUT2D eigenvalue weighted by molar-refractivity contribution is 0.100. The van der Waals surface area contributed by atoms with Crippen LogP contribution < -0.4 is 0 Å². The summed E-state index contributed by atoms with van der Waals surface area (Å²) in [6, 6.07) is 42.5. The van der Waals surface area contributed by atoms with Crippen molar-refractivity contribution in [2.45, 2.75) is 13.8 Å². The zero-order chi connectivity index (χ0) is 21.9. The van der Waals surface area contributed by atoms with Crippen LogP contribution in [0.15, 0.2) is 133 Å². The van der Waals surface area contributed by atoms with Gasteiger partial charge in [-0.1, -0.05) is 133 Å². The van der Waals surface area contributed by atoms with E-state index in [1.807, 2.05) is 133 Å². The van der Waals surface area contributed by atoms with Crippen LogP contribution in [0.25, 0.3) is 0 Å². The average Bonchev–Trinajstić information content (AvgIpc) is 2.84. The molecule has 0 aliphatic rings. The molecule has 0 aromatic heterocycles. The molecule has 0 unspecified atom stereocenters. The van der Waals surface area contributed by atoms with Gasteiger partial charge in [0.15, 0.2) is 11.6 Å². The summed E-state index contributed by atoms with van der Waals surface area (Å²) < 4.78 is 0. The number of carbonyl (C=O) groups excluding carboxylic acids is 2. The number of hydrogen-bond donors (Lipinski definition) is 0. The highest BCUT2D eigenvalue weighted by atomic mass is 16.1. The number of carbonyl (C=O) groups is 2. The van der Waals surface area contributed by atoms with Crippen molar-refractivity contribution in [3.05, 3.63) is 145 Å². The second kappa shape index (κ2) is 16.2. The smallest absolute Gasteiger partial charge is 0.159 e. The van der Waals surface area contributed by atoms with E-state index in [0.29, 0.717) is 0 Å². The summed E-state index contributed by atoms with van der Waals surface area (Å²) in [5, 5.41) is 0. The van der Waals surface area contributed by atoms with E-state index in [2.05, 4.69) is 0 Å². The topological polar surface area (TPSA) is 34.1 Å². The van der Waals surface area contributed by atoms with Crippen LogP contribution in [0.3, 0.4) is 0 Å². The third kappa shape index (κ3) is 12.6. The fourth-order valence-electron chi connectivity index (χ4n) is 2.12. The van der Waals surface area contributed by atoms with Crippen molar-refractivity contribution in [3.8, 4) is 0 Å². The van der Waals surface area contributed by atoms with Crippen LogP contribution in [-0.2, 0) is 0 Å². The molecule has 0 atom stereocenters. The van der Waals surface area contributed by atoms with Crippen molar-refractivity contribution in [1.29, 1.82) is 0 Å². The molecular formula is C28H28O2. The lowest BCUT2D eigenvalue weighted by Gasteiger charge is -1.89. The number of hydrogen-bond acceptors (Lipinski definition) is 2. The summed E-state index contributed by atoms with van der Waals surface area (Å²) in [6.07, 6.45) is 0. The van der Waals surface area contributed by atoms with Crippen LogP contribution in [0.2, 0.25) is 0 Å². The molecule has 2 nitrogen and oxygen atoms in total. The fourth-order valence-corrected chi connectivity index (χ4v) is 2.12. The average molecular weight is 397 g/mol. The Kier molecular flexibility index (Phi) is 13.1. The van der Waals surface area contributed by atoms with Gasteiger partial charge in [0.05, 0.1) is 0 Å². The van der Waals surface area contributed by atoms with E-state index in [9.17, 15) is 9.59 Å². The molecule has 4 aromatic rings. The summed E-state index contributed by atoms with van der Waals surface area (Å²) in [4.78, 5) is 21.3. The predicted octanol–water partition coefficient (Wildman–Crippen LogP) is 7.15. The van der Waals surface area contributed by atoms with Crippen LogP contribution in [0.5, 0.6) is 0 Å². The first-order valence-electron chi connectivity index (χ1n) is 9.73. The molecule has 0 N–H and O–H groups in total. The van der Waals surface area contributed by atoms with Crippen molar-refractivity contribution in [3.63, 3.8) is 0 Å². The minimum Gasteiger partial charge on any atom is -0.295 e. The van der Waals surface area contributed by atoms with Gasteiger partial charge in [0, 0.05) is 11.1 Å². The molecule has 0 fully saturated rings.